The lowest BCUT2D eigenvalue weighted by Gasteiger charge is -2.39. The minimum Gasteiger partial charge on any atom is -0.393 e. The molecule has 0 bridgehead atoms. The fourth-order valence-electron chi connectivity index (χ4n) is 10.7. The highest BCUT2D eigenvalue weighted by molar-refractivity contribution is 6.02. The van der Waals surface area contributed by atoms with Crippen LogP contribution in [0.1, 0.15) is 135 Å². The minimum absolute atomic E-state index is 0.0300. The first-order chi connectivity index (χ1) is 25.4. The first-order valence-corrected chi connectivity index (χ1v) is 21.3. The van der Waals surface area contributed by atoms with Gasteiger partial charge >= 0.3 is 0 Å². The zero-order valence-corrected chi connectivity index (χ0v) is 32.0. The van der Waals surface area contributed by atoms with Crippen LogP contribution in [-0.2, 0) is 33.3 Å². The largest absolute Gasteiger partial charge is 0.393 e. The fraction of sp³-hybridized carbons (Fsp3) is 0.881. The van der Waals surface area contributed by atoms with Crippen molar-refractivity contribution in [3.63, 3.8) is 0 Å². The summed E-state index contributed by atoms with van der Waals surface area (Å²) in [7, 11) is 0. The molecule has 4 aliphatic carbocycles. The number of aliphatic hydroxyl groups excluding tert-OH is 1. The van der Waals surface area contributed by atoms with Gasteiger partial charge in [-0.25, -0.2) is 0 Å². The van der Waals surface area contributed by atoms with E-state index in [4.69, 9.17) is 18.9 Å². The Morgan fingerprint density at radius 2 is 1.37 bits per heavy atom. The zero-order valence-electron chi connectivity index (χ0n) is 32.0. The van der Waals surface area contributed by atoms with E-state index >= 15 is 0 Å². The third-order valence-corrected chi connectivity index (χ3v) is 13.4. The molecule has 2 saturated heterocycles. The first-order valence-electron chi connectivity index (χ1n) is 21.3. The van der Waals surface area contributed by atoms with Gasteiger partial charge in [-0.15, -0.1) is 0 Å². The first kappa shape index (κ1) is 39.8. The SMILES string of the molecule is CC/C(=C(\C1CCC(O)CC1)C1CCC(OCCOCCOCCCOC2CCC3C(=O)N(C4CCC(=O)NC4=O)CC3C2)CC1)C1CCCCC1. The zero-order chi connectivity index (χ0) is 36.3. The minimum atomic E-state index is -0.515. The second-order valence-electron chi connectivity index (χ2n) is 16.7. The van der Waals surface area contributed by atoms with Crippen LogP contribution in [0.3, 0.4) is 0 Å². The van der Waals surface area contributed by atoms with E-state index in [0.29, 0.717) is 77.0 Å². The maximum absolute atomic E-state index is 13.0. The number of allylic oxidation sites excluding steroid dienone is 2. The lowest BCUT2D eigenvalue weighted by molar-refractivity contribution is -0.145. The number of amides is 3. The van der Waals surface area contributed by atoms with Crippen molar-refractivity contribution in [2.75, 3.05) is 46.2 Å². The van der Waals surface area contributed by atoms with Crippen molar-refractivity contribution < 1.29 is 38.4 Å². The van der Waals surface area contributed by atoms with E-state index in [-0.39, 0.29) is 41.8 Å². The van der Waals surface area contributed by atoms with Gasteiger partial charge < -0.3 is 29.0 Å². The van der Waals surface area contributed by atoms with Crippen LogP contribution in [0.15, 0.2) is 11.1 Å². The Morgan fingerprint density at radius 3 is 2.08 bits per heavy atom. The smallest absolute Gasteiger partial charge is 0.249 e. The predicted molar refractivity (Wildman–Crippen MR) is 198 cm³/mol. The van der Waals surface area contributed by atoms with Crippen LogP contribution < -0.4 is 5.32 Å². The Balaban J connectivity index is 0.797. The van der Waals surface area contributed by atoms with E-state index in [9.17, 15) is 19.5 Å². The quantitative estimate of drug-likeness (QED) is 0.102. The van der Waals surface area contributed by atoms with Gasteiger partial charge in [0.05, 0.1) is 44.7 Å². The van der Waals surface area contributed by atoms with Gasteiger partial charge in [0, 0.05) is 32.1 Å². The van der Waals surface area contributed by atoms with Crippen LogP contribution >= 0.6 is 0 Å². The number of imide groups is 1. The normalized spacial score (nSPS) is 33.9. The van der Waals surface area contributed by atoms with E-state index in [2.05, 4.69) is 12.2 Å². The molecule has 0 aromatic heterocycles. The van der Waals surface area contributed by atoms with Crippen molar-refractivity contribution in [3.8, 4) is 0 Å². The molecule has 4 saturated carbocycles. The number of fused-ring (bicyclic) bond motifs is 1. The van der Waals surface area contributed by atoms with Gasteiger partial charge in [0.15, 0.2) is 0 Å². The van der Waals surface area contributed by atoms with Crippen molar-refractivity contribution in [3.05, 3.63) is 11.1 Å². The number of nitrogens with one attached hydrogen (secondary N) is 1. The van der Waals surface area contributed by atoms with E-state index < -0.39 is 6.04 Å². The topological polar surface area (TPSA) is 124 Å². The Morgan fingerprint density at radius 1 is 0.712 bits per heavy atom. The van der Waals surface area contributed by atoms with Gasteiger partial charge in [0.1, 0.15) is 6.04 Å². The molecule has 0 spiro atoms. The van der Waals surface area contributed by atoms with E-state index in [1.165, 1.54) is 64.2 Å². The number of likely N-dealkylation sites (tertiary alicyclic amines) is 1. The van der Waals surface area contributed by atoms with Crippen LogP contribution in [0.5, 0.6) is 0 Å². The number of carbonyl (C=O) groups is 3. The number of aliphatic hydroxyl groups is 1. The van der Waals surface area contributed by atoms with Crippen LogP contribution in [0.4, 0.5) is 0 Å². The van der Waals surface area contributed by atoms with Crippen molar-refractivity contribution in [1.29, 1.82) is 0 Å². The molecule has 2 aliphatic heterocycles. The molecule has 0 aromatic carbocycles. The molecule has 0 radical (unpaired) electrons. The molecule has 6 aliphatic rings. The van der Waals surface area contributed by atoms with Crippen molar-refractivity contribution in [2.24, 2.45) is 29.6 Å². The van der Waals surface area contributed by atoms with E-state index in [1.54, 1.807) is 10.5 Å². The molecule has 4 unspecified atom stereocenters. The Bertz CT molecular complexity index is 1190. The van der Waals surface area contributed by atoms with Crippen molar-refractivity contribution in [2.45, 2.75) is 160 Å². The number of piperidine rings is 1. The van der Waals surface area contributed by atoms with Crippen LogP contribution in [0, 0.1) is 29.6 Å². The van der Waals surface area contributed by atoms with Gasteiger partial charge in [-0.3, -0.25) is 19.7 Å². The summed E-state index contributed by atoms with van der Waals surface area (Å²) < 4.78 is 24.1. The number of nitrogens with zero attached hydrogens (tertiary/aromatic N) is 1. The highest BCUT2D eigenvalue weighted by atomic mass is 16.5. The number of carbonyl (C=O) groups excluding carboxylic acids is 3. The molecular weight excluding hydrogens is 660 g/mol. The lowest BCUT2D eigenvalue weighted by Crippen LogP contribution is -2.53. The highest BCUT2D eigenvalue weighted by Gasteiger charge is 2.48. The third-order valence-electron chi connectivity index (χ3n) is 13.4. The molecule has 52 heavy (non-hydrogen) atoms. The average Bonchev–Trinajstić information content (AvgIpc) is 3.48. The summed E-state index contributed by atoms with van der Waals surface area (Å²) in [6, 6.07) is -0.515. The highest BCUT2D eigenvalue weighted by Crippen LogP contribution is 2.46. The maximum Gasteiger partial charge on any atom is 0.249 e. The predicted octanol–water partition coefficient (Wildman–Crippen LogP) is 6.27. The van der Waals surface area contributed by atoms with Gasteiger partial charge in [-0.1, -0.05) is 37.3 Å². The summed E-state index contributed by atoms with van der Waals surface area (Å²) in [6.45, 7) is 6.58. The average molecular weight is 729 g/mol. The van der Waals surface area contributed by atoms with Gasteiger partial charge in [-0.05, 0) is 126 Å². The number of rotatable bonds is 17. The molecule has 4 atom stereocenters. The van der Waals surface area contributed by atoms with Crippen molar-refractivity contribution in [1.82, 2.24) is 10.2 Å². The van der Waals surface area contributed by atoms with E-state index in [1.807, 2.05) is 5.57 Å². The molecule has 0 aromatic rings. The third kappa shape index (κ3) is 10.7. The van der Waals surface area contributed by atoms with Gasteiger partial charge in [0.25, 0.3) is 0 Å². The van der Waals surface area contributed by atoms with Crippen LogP contribution in [-0.4, -0.2) is 98.3 Å². The van der Waals surface area contributed by atoms with Gasteiger partial charge in [0.2, 0.25) is 17.7 Å². The summed E-state index contributed by atoms with van der Waals surface area (Å²) in [4.78, 5) is 38.6. The maximum atomic E-state index is 13.0. The molecule has 3 amide bonds. The second-order valence-corrected chi connectivity index (χ2v) is 16.7. The Hall–Kier alpha value is -1.85. The van der Waals surface area contributed by atoms with Crippen LogP contribution in [0.2, 0.25) is 0 Å². The summed E-state index contributed by atoms with van der Waals surface area (Å²) in [5, 5.41) is 12.6. The van der Waals surface area contributed by atoms with E-state index in [0.717, 1.165) is 57.3 Å². The van der Waals surface area contributed by atoms with Crippen molar-refractivity contribution >= 4 is 17.7 Å². The fourth-order valence-corrected chi connectivity index (χ4v) is 10.7. The standard InChI is InChI=1S/C42H68N2O8/c1-2-36(29-7-4-3-5-8-29)40(30-9-13-33(45)14-10-30)31-11-15-34(16-12-31)52-26-25-50-24-23-49-21-6-22-51-35-17-18-37-32(27-35)28-44(42(37)48)38-19-20-39(46)43-41(38)47/h29-35,37-38,45H,2-28H2,1H3,(H,43,46,47)/b40-36-. The number of hydrogen-bond acceptors (Lipinski definition) is 8. The summed E-state index contributed by atoms with van der Waals surface area (Å²) in [5.74, 6) is 1.83. The molecule has 10 nitrogen and oxygen atoms in total. The summed E-state index contributed by atoms with van der Waals surface area (Å²) >= 11 is 0. The summed E-state index contributed by atoms with van der Waals surface area (Å²) in [6.07, 6.45) is 21.5. The molecule has 294 valence electrons. The van der Waals surface area contributed by atoms with Gasteiger partial charge in [-0.2, -0.15) is 0 Å². The summed E-state index contributed by atoms with van der Waals surface area (Å²) in [5.41, 5.74) is 3.63. The Kier molecular flexibility index (Phi) is 15.5. The molecule has 6 rings (SSSR count). The Labute approximate surface area is 312 Å². The molecule has 2 N–H and O–H groups in total. The molecule has 6 fully saturated rings. The monoisotopic (exact) mass is 728 g/mol. The lowest BCUT2D eigenvalue weighted by atomic mass is 9.68. The second kappa shape index (κ2) is 20.2. The molecular formula is C42H68N2O8. The molecule has 2 heterocycles. The van der Waals surface area contributed by atoms with Crippen LogP contribution in [0.25, 0.3) is 0 Å². The number of hydrogen-bond donors (Lipinski definition) is 2. The molecule has 10 heteroatoms. The number of ether oxygens (including phenoxy) is 4.